The summed E-state index contributed by atoms with van der Waals surface area (Å²) in [6.45, 7) is 0. The molecule has 0 aliphatic carbocycles. The topological polar surface area (TPSA) is 183 Å². The number of benzene rings is 6. The normalized spacial score (nSPS) is 17.1. The molecule has 12 nitrogen and oxygen atoms in total. The summed E-state index contributed by atoms with van der Waals surface area (Å²) in [5.74, 6) is 0. The standard InChI is InChI=1S/3C17H11N2O2S.Ga/c3*20-22(21)17-8-4-2-6-14(17)16(19-22)11-13-10-9-12-5-1-3-7-15(12)18-13;/h3*1-11H;/q3*-1;+3/b3*16-11-;. The van der Waals surface area contributed by atoms with Crippen molar-refractivity contribution in [1.82, 2.24) is 15.0 Å². The molecule has 6 heterocycles. The molecule has 0 saturated heterocycles. The fraction of sp³-hybridized carbons (Fsp3) is 0. The third kappa shape index (κ3) is 9.25. The summed E-state index contributed by atoms with van der Waals surface area (Å²) in [5.41, 5.74) is 7.81. The Morgan fingerprint density at radius 2 is 0.567 bits per heavy atom. The molecule has 3 aliphatic rings. The van der Waals surface area contributed by atoms with Crippen molar-refractivity contribution in [3.05, 3.63) is 230 Å². The molecule has 0 N–H and O–H groups in total. The van der Waals surface area contributed by atoms with Gasteiger partial charge in [-0.3, -0.25) is 0 Å². The average Bonchev–Trinajstić information content (AvgIpc) is 3.86. The molecule has 0 bridgehead atoms. The van der Waals surface area contributed by atoms with Crippen molar-refractivity contribution in [2.45, 2.75) is 14.7 Å². The molecule has 3 aliphatic heterocycles. The number of rotatable bonds is 3. The molecule has 0 unspecified atom stereocenters. The quantitative estimate of drug-likeness (QED) is 0.155. The van der Waals surface area contributed by atoms with Crippen LogP contribution >= 0.6 is 0 Å². The van der Waals surface area contributed by atoms with Gasteiger partial charge in [0, 0.05) is 16.2 Å². The first-order chi connectivity index (χ1) is 31.9. The maximum Gasteiger partial charge on any atom is 3.00 e. The Bertz CT molecular complexity index is 3480. The molecule has 16 heteroatoms. The van der Waals surface area contributed by atoms with Crippen LogP contribution < -0.4 is 0 Å². The van der Waals surface area contributed by atoms with E-state index in [0.717, 1.165) is 32.7 Å². The number of pyridine rings is 3. The summed E-state index contributed by atoms with van der Waals surface area (Å²) >= 11 is 0. The van der Waals surface area contributed by atoms with Crippen molar-refractivity contribution in [1.29, 1.82) is 0 Å². The number of aromatic nitrogens is 3. The Hall–Kier alpha value is -7.34. The summed E-state index contributed by atoms with van der Waals surface area (Å²) in [6.07, 6.45) is 5.11. The van der Waals surface area contributed by atoms with E-state index in [-0.39, 0.29) is 34.5 Å². The predicted octanol–water partition coefficient (Wildman–Crippen LogP) is 11.0. The fourth-order valence-corrected chi connectivity index (χ4v) is 11.2. The van der Waals surface area contributed by atoms with Gasteiger partial charge >= 0.3 is 19.8 Å². The zero-order valence-corrected chi connectivity index (χ0v) is 39.9. The molecular formula is C51H33GaN6O6S3. The number of sulfonamides is 3. The van der Waals surface area contributed by atoms with Crippen LogP contribution in [-0.4, -0.2) is 60.0 Å². The zero-order chi connectivity index (χ0) is 45.5. The molecule has 0 saturated carbocycles. The molecule has 12 rings (SSSR count). The van der Waals surface area contributed by atoms with E-state index in [1.807, 2.05) is 109 Å². The van der Waals surface area contributed by atoms with E-state index in [9.17, 15) is 25.3 Å². The van der Waals surface area contributed by atoms with Crippen LogP contribution in [0.15, 0.2) is 197 Å². The number of hydrogen-bond acceptors (Lipinski definition) is 9. The van der Waals surface area contributed by atoms with E-state index >= 15 is 0 Å². The fourth-order valence-electron chi connectivity index (χ4n) is 7.61. The van der Waals surface area contributed by atoms with Gasteiger partial charge in [0.15, 0.2) is 0 Å². The second-order valence-corrected chi connectivity index (χ2v) is 19.8. The third-order valence-electron chi connectivity index (χ3n) is 10.7. The zero-order valence-electron chi connectivity index (χ0n) is 35.0. The number of fused-ring (bicyclic) bond motifs is 6. The van der Waals surface area contributed by atoms with Crippen LogP contribution in [0.1, 0.15) is 33.8 Å². The first-order valence-electron chi connectivity index (χ1n) is 20.4. The van der Waals surface area contributed by atoms with Crippen LogP contribution in [0.3, 0.4) is 0 Å². The Balaban J connectivity index is 0.000000125. The van der Waals surface area contributed by atoms with Crippen LogP contribution in [-0.2, 0) is 30.1 Å². The van der Waals surface area contributed by atoms with Gasteiger partial charge in [0.25, 0.3) is 0 Å². The van der Waals surface area contributed by atoms with Crippen molar-refractivity contribution in [2.24, 2.45) is 0 Å². The van der Waals surface area contributed by atoms with Crippen LogP contribution in [0.4, 0.5) is 0 Å². The van der Waals surface area contributed by atoms with Crippen molar-refractivity contribution in [2.75, 3.05) is 0 Å². The Morgan fingerprint density at radius 3 is 0.866 bits per heavy atom. The number of hydrogen-bond donors (Lipinski definition) is 0. The van der Waals surface area contributed by atoms with Gasteiger partial charge in [0.05, 0.1) is 48.3 Å². The Kier molecular flexibility index (Phi) is 12.1. The van der Waals surface area contributed by atoms with Gasteiger partial charge in [-0.05, 0) is 71.3 Å². The summed E-state index contributed by atoms with van der Waals surface area (Å²) in [6, 6.07) is 55.3. The van der Waals surface area contributed by atoms with Crippen molar-refractivity contribution < 1.29 is 25.3 Å². The maximum absolute atomic E-state index is 12.0. The molecule has 0 spiro atoms. The largest absolute Gasteiger partial charge is 3.00 e. The number of nitrogens with zero attached hydrogens (tertiary/aromatic N) is 6. The van der Waals surface area contributed by atoms with Gasteiger partial charge in [-0.25, -0.2) is 40.2 Å². The van der Waals surface area contributed by atoms with Crippen molar-refractivity contribution >= 4 is 118 Å². The maximum atomic E-state index is 12.0. The summed E-state index contributed by atoms with van der Waals surface area (Å²) < 4.78 is 83.8. The van der Waals surface area contributed by atoms with Gasteiger partial charge in [0.2, 0.25) is 0 Å². The second kappa shape index (κ2) is 18.1. The SMILES string of the molecule is O=S1(=O)[N-]/C(=C\c2ccc3ccccc3n2)c2ccccc21.O=S1(=O)[N-]/C(=C\c2ccc3ccccc3n2)c2ccccc21.O=S1(=O)[N-]/C(=C\c2ccc3ccccc3n2)c2ccccc21.[Ga+3]. The molecule has 3 aromatic heterocycles. The van der Waals surface area contributed by atoms with Gasteiger partial charge < -0.3 is 14.2 Å². The minimum atomic E-state index is -3.59. The minimum absolute atomic E-state index is 0. The Labute approximate surface area is 400 Å². The molecule has 67 heavy (non-hydrogen) atoms. The van der Waals surface area contributed by atoms with E-state index in [1.165, 1.54) is 0 Å². The molecular weight excluding hydrogens is 959 g/mol. The van der Waals surface area contributed by atoms with Crippen LogP contribution in [0.2, 0.25) is 0 Å². The predicted molar refractivity (Wildman–Crippen MR) is 266 cm³/mol. The van der Waals surface area contributed by atoms with Crippen LogP contribution in [0.25, 0.3) is 82.2 Å². The number of para-hydroxylation sites is 3. The monoisotopic (exact) mass is 990 g/mol. The van der Waals surface area contributed by atoms with Gasteiger partial charge in [-0.15, -0.1) is 17.1 Å². The summed E-state index contributed by atoms with van der Waals surface area (Å²) in [5, 5.41) is 3.13. The van der Waals surface area contributed by atoms with Crippen molar-refractivity contribution in [3.8, 4) is 0 Å². The molecule has 324 valence electrons. The van der Waals surface area contributed by atoms with Gasteiger partial charge in [-0.2, -0.15) is 0 Å². The molecule has 0 radical (unpaired) electrons. The Morgan fingerprint density at radius 1 is 0.313 bits per heavy atom. The molecule has 9 aromatic rings. The summed E-state index contributed by atoms with van der Waals surface area (Å²) in [7, 11) is -10.8. The van der Waals surface area contributed by atoms with E-state index < -0.39 is 30.1 Å². The molecule has 0 atom stereocenters. The van der Waals surface area contributed by atoms with E-state index in [1.54, 1.807) is 91.0 Å². The average molecular weight is 992 g/mol. The van der Waals surface area contributed by atoms with E-state index in [4.69, 9.17) is 0 Å². The molecule has 6 aromatic carbocycles. The molecule has 0 amide bonds. The van der Waals surface area contributed by atoms with Crippen LogP contribution in [0.5, 0.6) is 0 Å². The first-order valence-corrected chi connectivity index (χ1v) is 24.7. The van der Waals surface area contributed by atoms with Crippen molar-refractivity contribution in [3.63, 3.8) is 0 Å². The van der Waals surface area contributed by atoms with E-state index in [2.05, 4.69) is 29.1 Å². The third-order valence-corrected chi connectivity index (χ3v) is 14.7. The molecule has 0 fully saturated rings. The smallest absolute Gasteiger partial charge is 0.572 e. The first kappa shape index (κ1) is 44.8. The van der Waals surface area contributed by atoms with Crippen LogP contribution in [0, 0.1) is 0 Å². The minimum Gasteiger partial charge on any atom is -0.572 e. The summed E-state index contributed by atoms with van der Waals surface area (Å²) in [4.78, 5) is 14.3. The van der Waals surface area contributed by atoms with E-state index in [0.29, 0.717) is 50.9 Å². The second-order valence-electron chi connectivity index (χ2n) is 15.1. The van der Waals surface area contributed by atoms with Gasteiger partial charge in [-0.1, -0.05) is 146 Å². The van der Waals surface area contributed by atoms with Gasteiger partial charge in [0.1, 0.15) is 30.1 Å².